The molecular formula is C17H21ClN4O. The van der Waals surface area contributed by atoms with Gasteiger partial charge < -0.3 is 10.2 Å². The minimum atomic E-state index is -0.340. The Morgan fingerprint density at radius 3 is 2.74 bits per heavy atom. The summed E-state index contributed by atoms with van der Waals surface area (Å²) in [4.78, 5) is 14.8. The van der Waals surface area contributed by atoms with Gasteiger partial charge in [0, 0.05) is 42.8 Å². The van der Waals surface area contributed by atoms with Gasteiger partial charge in [0.15, 0.2) is 0 Å². The van der Waals surface area contributed by atoms with Crippen molar-refractivity contribution in [2.75, 3.05) is 20.1 Å². The number of aromatic nitrogens is 2. The molecule has 1 amide bonds. The number of rotatable bonds is 4. The first-order valence-electron chi connectivity index (χ1n) is 7.78. The maximum atomic E-state index is 12.8. The van der Waals surface area contributed by atoms with Crippen LogP contribution >= 0.6 is 11.6 Å². The largest absolute Gasteiger partial charge is 0.340 e. The first-order valence-corrected chi connectivity index (χ1v) is 8.16. The molecule has 3 rings (SSSR count). The van der Waals surface area contributed by atoms with E-state index in [9.17, 15) is 4.79 Å². The molecule has 0 radical (unpaired) electrons. The maximum absolute atomic E-state index is 12.8. The van der Waals surface area contributed by atoms with Crippen molar-refractivity contribution >= 4 is 17.5 Å². The van der Waals surface area contributed by atoms with Crippen molar-refractivity contribution in [3.63, 3.8) is 0 Å². The number of nitrogens with zero attached hydrogens (tertiary/aromatic N) is 3. The van der Waals surface area contributed by atoms with Gasteiger partial charge in [-0.2, -0.15) is 5.10 Å². The zero-order valence-corrected chi connectivity index (χ0v) is 14.1. The molecule has 1 saturated heterocycles. The molecule has 0 spiro atoms. The number of carbonyl (C=O) groups is 1. The molecule has 1 aromatic heterocycles. The highest BCUT2D eigenvalue weighted by atomic mass is 35.5. The van der Waals surface area contributed by atoms with Crippen LogP contribution in [0.2, 0.25) is 5.02 Å². The summed E-state index contributed by atoms with van der Waals surface area (Å²) in [6.07, 6.45) is 4.61. The van der Waals surface area contributed by atoms with Crippen molar-refractivity contribution < 1.29 is 4.79 Å². The average Bonchev–Trinajstić information content (AvgIpc) is 3.18. The lowest BCUT2D eigenvalue weighted by Gasteiger charge is -2.22. The Kier molecular flexibility index (Phi) is 4.68. The highest BCUT2D eigenvalue weighted by Crippen LogP contribution is 2.29. The number of nitrogens with one attached hydrogen (secondary N) is 1. The van der Waals surface area contributed by atoms with Gasteiger partial charge >= 0.3 is 0 Å². The maximum Gasteiger partial charge on any atom is 0.244 e. The molecule has 1 aliphatic heterocycles. The number of hydrogen-bond donors (Lipinski definition) is 1. The predicted octanol–water partition coefficient (Wildman–Crippen LogP) is 2.35. The van der Waals surface area contributed by atoms with Gasteiger partial charge in [-0.15, -0.1) is 0 Å². The van der Waals surface area contributed by atoms with E-state index < -0.39 is 0 Å². The number of likely N-dealkylation sites (N-methyl/N-ethyl adjacent to an activating group) is 1. The van der Waals surface area contributed by atoms with Crippen LogP contribution in [0.25, 0.3) is 0 Å². The Hall–Kier alpha value is -1.85. The van der Waals surface area contributed by atoms with Crippen molar-refractivity contribution in [3.05, 3.63) is 52.8 Å². The molecule has 1 aliphatic rings. The molecule has 6 heteroatoms. The third kappa shape index (κ3) is 3.41. The van der Waals surface area contributed by atoms with E-state index in [0.29, 0.717) is 5.92 Å². The van der Waals surface area contributed by atoms with E-state index in [1.807, 2.05) is 37.3 Å². The molecular weight excluding hydrogens is 312 g/mol. The molecule has 23 heavy (non-hydrogen) atoms. The van der Waals surface area contributed by atoms with Crippen LogP contribution in [-0.2, 0) is 11.8 Å². The molecule has 1 fully saturated rings. The fourth-order valence-corrected chi connectivity index (χ4v) is 3.30. The van der Waals surface area contributed by atoms with Crippen LogP contribution in [-0.4, -0.2) is 40.7 Å². The van der Waals surface area contributed by atoms with E-state index in [4.69, 9.17) is 11.6 Å². The van der Waals surface area contributed by atoms with Crippen LogP contribution in [0.3, 0.4) is 0 Å². The summed E-state index contributed by atoms with van der Waals surface area (Å²) in [5, 5.41) is 8.01. The fourth-order valence-electron chi connectivity index (χ4n) is 3.17. The third-order valence-corrected chi connectivity index (χ3v) is 4.69. The standard InChI is InChI=1S/C17H21ClN4O/c1-19-16(14-9-20-21(2)10-14)17(23)22-8-7-13(11-22)12-3-5-15(18)6-4-12/h3-6,9-10,13,16,19H,7-8,11H2,1-2H3. The SMILES string of the molecule is CNC(C(=O)N1CCC(c2ccc(Cl)cc2)C1)c1cnn(C)c1. The highest BCUT2D eigenvalue weighted by Gasteiger charge is 2.32. The van der Waals surface area contributed by atoms with Gasteiger partial charge in [0.2, 0.25) is 5.91 Å². The zero-order chi connectivity index (χ0) is 16.4. The lowest BCUT2D eigenvalue weighted by atomic mass is 9.99. The van der Waals surface area contributed by atoms with Crippen molar-refractivity contribution in [2.24, 2.45) is 7.05 Å². The minimum absolute atomic E-state index is 0.108. The predicted molar refractivity (Wildman–Crippen MR) is 90.4 cm³/mol. The summed E-state index contributed by atoms with van der Waals surface area (Å²) >= 11 is 5.95. The Morgan fingerprint density at radius 2 is 2.13 bits per heavy atom. The highest BCUT2D eigenvalue weighted by molar-refractivity contribution is 6.30. The van der Waals surface area contributed by atoms with Crippen LogP contribution in [0.5, 0.6) is 0 Å². The molecule has 0 bridgehead atoms. The van der Waals surface area contributed by atoms with Crippen molar-refractivity contribution in [3.8, 4) is 0 Å². The second kappa shape index (κ2) is 6.72. The number of aryl methyl sites for hydroxylation is 1. The molecule has 0 saturated carbocycles. The van der Waals surface area contributed by atoms with Gasteiger partial charge in [-0.25, -0.2) is 0 Å². The molecule has 1 aromatic carbocycles. The Bertz CT molecular complexity index is 682. The van der Waals surface area contributed by atoms with Crippen molar-refractivity contribution in [1.29, 1.82) is 0 Å². The number of carbonyl (C=O) groups excluding carboxylic acids is 1. The second-order valence-electron chi connectivity index (χ2n) is 5.99. The molecule has 5 nitrogen and oxygen atoms in total. The van der Waals surface area contributed by atoms with Crippen molar-refractivity contribution in [2.45, 2.75) is 18.4 Å². The van der Waals surface area contributed by atoms with Crippen LogP contribution in [0.1, 0.15) is 29.5 Å². The molecule has 122 valence electrons. The van der Waals surface area contributed by atoms with E-state index in [1.165, 1.54) is 5.56 Å². The fraction of sp³-hybridized carbons (Fsp3) is 0.412. The van der Waals surface area contributed by atoms with E-state index in [-0.39, 0.29) is 11.9 Å². The lowest BCUT2D eigenvalue weighted by Crippen LogP contribution is -2.38. The summed E-state index contributed by atoms with van der Waals surface area (Å²) < 4.78 is 1.72. The zero-order valence-electron chi connectivity index (χ0n) is 13.4. The summed E-state index contributed by atoms with van der Waals surface area (Å²) in [5.41, 5.74) is 2.14. The van der Waals surface area contributed by atoms with E-state index in [0.717, 1.165) is 30.1 Å². The van der Waals surface area contributed by atoms with Crippen LogP contribution in [0.15, 0.2) is 36.7 Å². The van der Waals surface area contributed by atoms with Gasteiger partial charge in [-0.05, 0) is 31.2 Å². The number of hydrogen-bond acceptors (Lipinski definition) is 3. The normalized spacial score (nSPS) is 19.1. The number of halogens is 1. The molecule has 2 atom stereocenters. The van der Waals surface area contributed by atoms with Gasteiger partial charge in [-0.3, -0.25) is 9.48 Å². The van der Waals surface area contributed by atoms with Gasteiger partial charge in [-0.1, -0.05) is 23.7 Å². The average molecular weight is 333 g/mol. The van der Waals surface area contributed by atoms with Crippen LogP contribution in [0.4, 0.5) is 0 Å². The van der Waals surface area contributed by atoms with E-state index >= 15 is 0 Å². The van der Waals surface area contributed by atoms with E-state index in [2.05, 4.69) is 22.5 Å². The third-order valence-electron chi connectivity index (χ3n) is 4.44. The van der Waals surface area contributed by atoms with Crippen LogP contribution in [0, 0.1) is 0 Å². The molecule has 2 unspecified atom stereocenters. The summed E-state index contributed by atoms with van der Waals surface area (Å²) in [6, 6.07) is 7.59. The van der Waals surface area contributed by atoms with E-state index in [1.54, 1.807) is 10.9 Å². The number of amides is 1. The topological polar surface area (TPSA) is 50.2 Å². The quantitative estimate of drug-likeness (QED) is 0.935. The van der Waals surface area contributed by atoms with Crippen LogP contribution < -0.4 is 5.32 Å². The van der Waals surface area contributed by atoms with Gasteiger partial charge in [0.1, 0.15) is 6.04 Å². The molecule has 1 N–H and O–H groups in total. The molecule has 2 aromatic rings. The smallest absolute Gasteiger partial charge is 0.244 e. The number of benzene rings is 1. The summed E-state index contributed by atoms with van der Waals surface area (Å²) in [7, 11) is 3.66. The van der Waals surface area contributed by atoms with Crippen molar-refractivity contribution in [1.82, 2.24) is 20.0 Å². The first-order chi connectivity index (χ1) is 11.1. The molecule has 2 heterocycles. The monoisotopic (exact) mass is 332 g/mol. The number of likely N-dealkylation sites (tertiary alicyclic amines) is 1. The Morgan fingerprint density at radius 1 is 1.39 bits per heavy atom. The first kappa shape index (κ1) is 16.0. The molecule has 0 aliphatic carbocycles. The van der Waals surface area contributed by atoms with Gasteiger partial charge in [0.25, 0.3) is 0 Å². The second-order valence-corrected chi connectivity index (χ2v) is 6.43. The summed E-state index contributed by atoms with van der Waals surface area (Å²) in [6.45, 7) is 1.53. The summed E-state index contributed by atoms with van der Waals surface area (Å²) in [5.74, 6) is 0.486. The Balaban J connectivity index is 1.70. The lowest BCUT2D eigenvalue weighted by molar-refractivity contribution is -0.132. The minimum Gasteiger partial charge on any atom is -0.340 e. The van der Waals surface area contributed by atoms with Gasteiger partial charge in [0.05, 0.1) is 6.20 Å². The Labute approximate surface area is 141 Å².